The van der Waals surface area contributed by atoms with E-state index in [1.807, 2.05) is 61.8 Å². The minimum atomic E-state index is -0.0288. The van der Waals surface area contributed by atoms with Crippen LogP contribution in [0.3, 0.4) is 0 Å². The number of benzene rings is 2. The number of hydrogen-bond acceptors (Lipinski definition) is 4. The molecule has 0 bridgehead atoms. The van der Waals surface area contributed by atoms with Crippen LogP contribution in [0.4, 0.5) is 11.5 Å². The fraction of sp³-hybridized carbons (Fsp3) is 0.240. The van der Waals surface area contributed by atoms with Crippen molar-refractivity contribution in [1.82, 2.24) is 14.8 Å². The van der Waals surface area contributed by atoms with E-state index in [1.165, 1.54) is 12.8 Å². The Bertz CT molecular complexity index is 1210. The average molecular weight is 412 g/mol. The maximum atomic E-state index is 12.6. The summed E-state index contributed by atoms with van der Waals surface area (Å²) in [4.78, 5) is 14.9. The predicted octanol–water partition coefficient (Wildman–Crippen LogP) is 4.42. The molecule has 1 N–H and O–H groups in total. The molecule has 3 heterocycles. The molecule has 0 atom stereocenters. The summed E-state index contributed by atoms with van der Waals surface area (Å²) < 4.78 is 2.06. The molecular formula is C25H25N5O. The van der Waals surface area contributed by atoms with Crippen LogP contribution in [0.2, 0.25) is 0 Å². The highest BCUT2D eigenvalue weighted by atomic mass is 16.1. The fourth-order valence-electron chi connectivity index (χ4n) is 4.26. The molecule has 0 spiro atoms. The van der Waals surface area contributed by atoms with Gasteiger partial charge >= 0.3 is 0 Å². The molecule has 1 saturated heterocycles. The Morgan fingerprint density at radius 3 is 2.48 bits per heavy atom. The Balaban J connectivity index is 1.25. The molecule has 1 amide bonds. The second-order valence-corrected chi connectivity index (χ2v) is 8.06. The number of aryl methyl sites for hydroxylation is 1. The summed E-state index contributed by atoms with van der Waals surface area (Å²) >= 11 is 0. The zero-order valence-electron chi connectivity index (χ0n) is 17.6. The van der Waals surface area contributed by atoms with Crippen molar-refractivity contribution < 1.29 is 4.79 Å². The molecule has 0 saturated carbocycles. The van der Waals surface area contributed by atoms with Gasteiger partial charge in [-0.05, 0) is 48.7 Å². The molecule has 6 heteroatoms. The van der Waals surface area contributed by atoms with E-state index in [9.17, 15) is 4.79 Å². The van der Waals surface area contributed by atoms with Gasteiger partial charge in [-0.2, -0.15) is 0 Å². The van der Waals surface area contributed by atoms with E-state index in [4.69, 9.17) is 0 Å². The van der Waals surface area contributed by atoms with Crippen LogP contribution in [0.25, 0.3) is 22.2 Å². The summed E-state index contributed by atoms with van der Waals surface area (Å²) in [7, 11) is 2.00. The van der Waals surface area contributed by atoms with Crippen molar-refractivity contribution in [3.05, 3.63) is 72.4 Å². The first-order chi connectivity index (χ1) is 15.2. The summed E-state index contributed by atoms with van der Waals surface area (Å²) in [6, 6.07) is 19.9. The van der Waals surface area contributed by atoms with Gasteiger partial charge in [-0.3, -0.25) is 4.79 Å². The lowest BCUT2D eigenvalue weighted by Crippen LogP contribution is -2.19. The largest absolute Gasteiger partial charge is 0.355 e. The highest BCUT2D eigenvalue weighted by Crippen LogP contribution is 2.24. The fourth-order valence-corrected chi connectivity index (χ4v) is 4.26. The van der Waals surface area contributed by atoms with Crippen molar-refractivity contribution in [3.63, 3.8) is 0 Å². The van der Waals surface area contributed by atoms with Gasteiger partial charge in [-0.15, -0.1) is 10.2 Å². The SMILES string of the molecule is Cn1cc(CC(=O)Nc2ccc(-c3ccc(N4CCCC4)nn3)cc2)c2ccccc21. The van der Waals surface area contributed by atoms with E-state index >= 15 is 0 Å². The van der Waals surface area contributed by atoms with Crippen molar-refractivity contribution in [1.29, 1.82) is 0 Å². The molecule has 5 rings (SSSR count). The summed E-state index contributed by atoms with van der Waals surface area (Å²) in [5.41, 5.74) is 4.74. The molecule has 0 unspecified atom stereocenters. The van der Waals surface area contributed by atoms with E-state index in [0.29, 0.717) is 6.42 Å². The Hall–Kier alpha value is -3.67. The first-order valence-electron chi connectivity index (χ1n) is 10.7. The molecule has 2 aromatic heterocycles. The smallest absolute Gasteiger partial charge is 0.228 e. The van der Waals surface area contributed by atoms with Gasteiger partial charge in [0.2, 0.25) is 5.91 Å². The van der Waals surface area contributed by atoms with Crippen LogP contribution in [-0.4, -0.2) is 33.8 Å². The summed E-state index contributed by atoms with van der Waals surface area (Å²) in [5, 5.41) is 12.9. The zero-order valence-corrected chi connectivity index (χ0v) is 17.6. The molecule has 1 fully saturated rings. The van der Waals surface area contributed by atoms with Crippen molar-refractivity contribution in [2.75, 3.05) is 23.3 Å². The highest BCUT2D eigenvalue weighted by molar-refractivity contribution is 5.96. The van der Waals surface area contributed by atoms with E-state index < -0.39 is 0 Å². The quantitative estimate of drug-likeness (QED) is 0.528. The maximum Gasteiger partial charge on any atom is 0.228 e. The van der Waals surface area contributed by atoms with Gasteiger partial charge < -0.3 is 14.8 Å². The van der Waals surface area contributed by atoms with Gasteiger partial charge in [0, 0.05) is 48.5 Å². The second-order valence-electron chi connectivity index (χ2n) is 8.06. The first kappa shape index (κ1) is 19.3. The number of carbonyl (C=O) groups is 1. The lowest BCUT2D eigenvalue weighted by Gasteiger charge is -2.15. The van der Waals surface area contributed by atoms with Crippen molar-refractivity contribution in [2.24, 2.45) is 7.05 Å². The molecule has 1 aliphatic heterocycles. The lowest BCUT2D eigenvalue weighted by atomic mass is 10.1. The maximum absolute atomic E-state index is 12.6. The number of nitrogens with one attached hydrogen (secondary N) is 1. The molecule has 1 aliphatic rings. The molecule has 0 aliphatic carbocycles. The number of para-hydroxylation sites is 1. The predicted molar refractivity (Wildman–Crippen MR) is 124 cm³/mol. The number of carbonyl (C=O) groups excluding carboxylic acids is 1. The van der Waals surface area contributed by atoms with Crippen LogP contribution in [0, 0.1) is 0 Å². The van der Waals surface area contributed by atoms with E-state index in [-0.39, 0.29) is 5.91 Å². The third-order valence-corrected chi connectivity index (χ3v) is 5.88. The average Bonchev–Trinajstić information content (AvgIpc) is 3.44. The van der Waals surface area contributed by atoms with Gasteiger partial charge in [0.15, 0.2) is 5.82 Å². The number of nitrogens with zero attached hydrogens (tertiary/aromatic N) is 4. The molecule has 6 nitrogen and oxygen atoms in total. The van der Waals surface area contributed by atoms with Crippen LogP contribution < -0.4 is 10.2 Å². The number of anilines is 2. The van der Waals surface area contributed by atoms with Crippen LogP contribution in [-0.2, 0) is 18.3 Å². The normalized spacial score (nSPS) is 13.6. The van der Waals surface area contributed by atoms with Gasteiger partial charge in [-0.25, -0.2) is 0 Å². The summed E-state index contributed by atoms with van der Waals surface area (Å²) in [5.74, 6) is 0.914. The van der Waals surface area contributed by atoms with Crippen molar-refractivity contribution in [3.8, 4) is 11.3 Å². The molecule has 156 valence electrons. The van der Waals surface area contributed by atoms with Crippen LogP contribution >= 0.6 is 0 Å². The summed E-state index contributed by atoms with van der Waals surface area (Å²) in [6.07, 6.45) is 4.80. The Morgan fingerprint density at radius 2 is 1.74 bits per heavy atom. The topological polar surface area (TPSA) is 63.1 Å². The Kier molecular flexibility index (Phi) is 5.12. The molecule has 0 radical (unpaired) electrons. The van der Waals surface area contributed by atoms with Crippen LogP contribution in [0.15, 0.2) is 66.9 Å². The number of hydrogen-bond donors (Lipinski definition) is 1. The van der Waals surface area contributed by atoms with Gasteiger partial charge in [0.25, 0.3) is 0 Å². The van der Waals surface area contributed by atoms with Crippen LogP contribution in [0.1, 0.15) is 18.4 Å². The minimum Gasteiger partial charge on any atom is -0.355 e. The van der Waals surface area contributed by atoms with Gasteiger partial charge in [0.1, 0.15) is 0 Å². The van der Waals surface area contributed by atoms with E-state index in [1.54, 1.807) is 0 Å². The molecule has 31 heavy (non-hydrogen) atoms. The van der Waals surface area contributed by atoms with Crippen LogP contribution in [0.5, 0.6) is 0 Å². The highest BCUT2D eigenvalue weighted by Gasteiger charge is 2.14. The number of aromatic nitrogens is 3. The van der Waals surface area contributed by atoms with E-state index in [2.05, 4.69) is 37.1 Å². The third kappa shape index (κ3) is 4.01. The van der Waals surface area contributed by atoms with Gasteiger partial charge in [0.05, 0.1) is 12.1 Å². The lowest BCUT2D eigenvalue weighted by molar-refractivity contribution is -0.115. The van der Waals surface area contributed by atoms with E-state index in [0.717, 1.165) is 52.3 Å². The molecule has 2 aromatic carbocycles. The monoisotopic (exact) mass is 411 g/mol. The number of fused-ring (bicyclic) bond motifs is 1. The summed E-state index contributed by atoms with van der Waals surface area (Å²) in [6.45, 7) is 2.11. The Morgan fingerprint density at radius 1 is 0.968 bits per heavy atom. The molecular weight excluding hydrogens is 386 g/mol. The number of rotatable bonds is 5. The first-order valence-corrected chi connectivity index (χ1v) is 10.7. The number of amides is 1. The van der Waals surface area contributed by atoms with Gasteiger partial charge in [-0.1, -0.05) is 30.3 Å². The standard InChI is InChI=1S/C25H25N5O/c1-29-17-19(21-6-2-3-7-23(21)29)16-25(31)26-20-10-8-18(9-11-20)22-12-13-24(28-27-22)30-14-4-5-15-30/h2-3,6-13,17H,4-5,14-16H2,1H3,(H,26,31). The zero-order chi connectivity index (χ0) is 21.2. The van der Waals surface area contributed by atoms with Crippen molar-refractivity contribution in [2.45, 2.75) is 19.3 Å². The second kappa shape index (κ2) is 8.22. The van der Waals surface area contributed by atoms with Crippen molar-refractivity contribution >= 4 is 28.3 Å². The molecule has 4 aromatic rings. The minimum absolute atomic E-state index is 0.0288. The Labute approximate surface area is 181 Å². The third-order valence-electron chi connectivity index (χ3n) is 5.88.